The summed E-state index contributed by atoms with van der Waals surface area (Å²) in [5.41, 5.74) is 1.68. The van der Waals surface area contributed by atoms with E-state index in [0.29, 0.717) is 6.54 Å². The Kier molecular flexibility index (Phi) is 6.77. The zero-order valence-electron chi connectivity index (χ0n) is 14.8. The average molecular weight is 341 g/mol. The summed E-state index contributed by atoms with van der Waals surface area (Å²) in [6, 6.07) is 11.6. The van der Waals surface area contributed by atoms with Crippen LogP contribution in [-0.2, 0) is 11.3 Å². The molecule has 25 heavy (non-hydrogen) atoms. The Morgan fingerprint density at radius 2 is 1.64 bits per heavy atom. The first kappa shape index (κ1) is 17.8. The SMILES string of the molecule is O=c1c(-c2ccccc2)ccnn1CCCCCCN1CCOCC1. The van der Waals surface area contributed by atoms with Crippen molar-refractivity contribution in [3.05, 3.63) is 52.9 Å². The molecular weight excluding hydrogens is 314 g/mol. The van der Waals surface area contributed by atoms with Gasteiger partial charge in [0.1, 0.15) is 0 Å². The smallest absolute Gasteiger partial charge is 0.274 e. The van der Waals surface area contributed by atoms with Crippen LogP contribution in [0.1, 0.15) is 25.7 Å². The van der Waals surface area contributed by atoms with Crippen LogP contribution in [0.3, 0.4) is 0 Å². The zero-order chi connectivity index (χ0) is 17.3. The van der Waals surface area contributed by atoms with Crippen molar-refractivity contribution in [3.8, 4) is 11.1 Å². The highest BCUT2D eigenvalue weighted by Crippen LogP contribution is 2.13. The summed E-state index contributed by atoms with van der Waals surface area (Å²) in [5.74, 6) is 0. The molecule has 0 bridgehead atoms. The van der Waals surface area contributed by atoms with Crippen molar-refractivity contribution in [3.63, 3.8) is 0 Å². The number of unbranched alkanes of at least 4 members (excludes halogenated alkanes) is 3. The van der Waals surface area contributed by atoms with E-state index in [1.807, 2.05) is 30.3 Å². The van der Waals surface area contributed by atoms with Gasteiger partial charge >= 0.3 is 0 Å². The third-order valence-corrected chi connectivity index (χ3v) is 4.69. The van der Waals surface area contributed by atoms with Crippen LogP contribution in [-0.4, -0.2) is 47.5 Å². The summed E-state index contributed by atoms with van der Waals surface area (Å²) in [7, 11) is 0. The third kappa shape index (κ3) is 5.25. The molecule has 0 spiro atoms. The van der Waals surface area contributed by atoms with Gasteiger partial charge < -0.3 is 4.74 Å². The van der Waals surface area contributed by atoms with Gasteiger partial charge in [-0.15, -0.1) is 0 Å². The second kappa shape index (κ2) is 9.49. The Morgan fingerprint density at radius 1 is 0.920 bits per heavy atom. The predicted molar refractivity (Wildman–Crippen MR) is 99.7 cm³/mol. The fourth-order valence-corrected chi connectivity index (χ4v) is 3.22. The number of aromatic nitrogens is 2. The molecule has 0 atom stereocenters. The monoisotopic (exact) mass is 341 g/mol. The van der Waals surface area contributed by atoms with Crippen LogP contribution in [0.4, 0.5) is 0 Å². The first-order chi connectivity index (χ1) is 12.3. The Balaban J connectivity index is 1.43. The van der Waals surface area contributed by atoms with Gasteiger partial charge in [-0.3, -0.25) is 9.69 Å². The van der Waals surface area contributed by atoms with Crippen LogP contribution in [0, 0.1) is 0 Å². The standard InChI is InChI=1S/C20H27N3O2/c24-20-19(18-8-4-3-5-9-18)10-11-21-23(20)13-7-2-1-6-12-22-14-16-25-17-15-22/h3-5,8-11H,1-2,6-7,12-17H2. The second-order valence-electron chi connectivity index (χ2n) is 6.51. The first-order valence-corrected chi connectivity index (χ1v) is 9.26. The molecule has 0 N–H and O–H groups in total. The zero-order valence-corrected chi connectivity index (χ0v) is 14.8. The lowest BCUT2D eigenvalue weighted by Crippen LogP contribution is -2.36. The number of morpholine rings is 1. The maximum atomic E-state index is 12.6. The summed E-state index contributed by atoms with van der Waals surface area (Å²) < 4.78 is 6.97. The van der Waals surface area contributed by atoms with Gasteiger partial charge in [0.05, 0.1) is 18.8 Å². The van der Waals surface area contributed by atoms with Gasteiger partial charge in [0.2, 0.25) is 0 Å². The lowest BCUT2D eigenvalue weighted by atomic mass is 10.1. The highest BCUT2D eigenvalue weighted by atomic mass is 16.5. The minimum absolute atomic E-state index is 0.00187. The van der Waals surface area contributed by atoms with Crippen LogP contribution in [0.25, 0.3) is 11.1 Å². The summed E-state index contributed by atoms with van der Waals surface area (Å²) in [6.45, 7) is 5.71. The fraction of sp³-hybridized carbons (Fsp3) is 0.500. The number of nitrogens with zero attached hydrogens (tertiary/aromatic N) is 3. The van der Waals surface area contributed by atoms with E-state index in [2.05, 4.69) is 10.00 Å². The molecule has 5 heteroatoms. The van der Waals surface area contributed by atoms with Crippen molar-refractivity contribution >= 4 is 0 Å². The van der Waals surface area contributed by atoms with Gasteiger partial charge in [-0.05, 0) is 31.0 Å². The molecule has 134 valence electrons. The van der Waals surface area contributed by atoms with Crippen LogP contribution >= 0.6 is 0 Å². The molecule has 1 aliphatic rings. The highest BCUT2D eigenvalue weighted by Gasteiger charge is 2.09. The molecule has 3 rings (SSSR count). The van der Waals surface area contributed by atoms with E-state index in [1.165, 1.54) is 12.8 Å². The minimum atomic E-state index is 0.00187. The Labute approximate surface area is 149 Å². The average Bonchev–Trinajstić information content (AvgIpc) is 2.67. The number of hydrogen-bond donors (Lipinski definition) is 0. The molecule has 0 aliphatic carbocycles. The van der Waals surface area contributed by atoms with E-state index in [0.717, 1.165) is 56.8 Å². The number of hydrogen-bond acceptors (Lipinski definition) is 4. The van der Waals surface area contributed by atoms with Crippen molar-refractivity contribution in [1.29, 1.82) is 0 Å². The lowest BCUT2D eigenvalue weighted by Gasteiger charge is -2.26. The van der Waals surface area contributed by atoms with Crippen molar-refractivity contribution in [2.75, 3.05) is 32.8 Å². The van der Waals surface area contributed by atoms with Crippen molar-refractivity contribution in [2.24, 2.45) is 0 Å². The second-order valence-corrected chi connectivity index (χ2v) is 6.51. The summed E-state index contributed by atoms with van der Waals surface area (Å²) in [6.07, 6.45) is 6.27. The first-order valence-electron chi connectivity index (χ1n) is 9.26. The largest absolute Gasteiger partial charge is 0.379 e. The maximum absolute atomic E-state index is 12.6. The van der Waals surface area contributed by atoms with Crippen LogP contribution in [0.15, 0.2) is 47.4 Å². The van der Waals surface area contributed by atoms with E-state index in [4.69, 9.17) is 4.74 Å². The van der Waals surface area contributed by atoms with Crippen molar-refractivity contribution < 1.29 is 4.74 Å². The topological polar surface area (TPSA) is 47.4 Å². The molecule has 1 aromatic carbocycles. The molecule has 2 heterocycles. The minimum Gasteiger partial charge on any atom is -0.379 e. The molecule has 0 radical (unpaired) electrons. The van der Waals surface area contributed by atoms with Gasteiger partial charge in [-0.25, -0.2) is 4.68 Å². The number of aryl methyl sites for hydroxylation is 1. The molecule has 5 nitrogen and oxygen atoms in total. The Hall–Kier alpha value is -1.98. The van der Waals surface area contributed by atoms with E-state index in [1.54, 1.807) is 16.9 Å². The summed E-state index contributed by atoms with van der Waals surface area (Å²) >= 11 is 0. The quantitative estimate of drug-likeness (QED) is 0.693. The molecule has 1 saturated heterocycles. The van der Waals surface area contributed by atoms with Gasteiger partial charge in [-0.2, -0.15) is 5.10 Å². The number of benzene rings is 1. The molecule has 2 aromatic rings. The number of rotatable bonds is 8. The molecular formula is C20H27N3O2. The fourth-order valence-electron chi connectivity index (χ4n) is 3.22. The van der Waals surface area contributed by atoms with E-state index < -0.39 is 0 Å². The number of ether oxygens (including phenoxy) is 1. The van der Waals surface area contributed by atoms with Crippen LogP contribution in [0.5, 0.6) is 0 Å². The predicted octanol–water partition coefficient (Wildman–Crippen LogP) is 2.80. The molecule has 0 unspecified atom stereocenters. The molecule has 0 saturated carbocycles. The van der Waals surface area contributed by atoms with Gasteiger partial charge in [-0.1, -0.05) is 43.2 Å². The maximum Gasteiger partial charge on any atom is 0.274 e. The van der Waals surface area contributed by atoms with E-state index in [9.17, 15) is 4.79 Å². The van der Waals surface area contributed by atoms with Crippen molar-refractivity contribution in [2.45, 2.75) is 32.2 Å². The molecule has 1 fully saturated rings. The van der Waals surface area contributed by atoms with E-state index in [-0.39, 0.29) is 5.56 Å². The van der Waals surface area contributed by atoms with Crippen LogP contribution in [0.2, 0.25) is 0 Å². The van der Waals surface area contributed by atoms with Gasteiger partial charge in [0, 0.05) is 25.8 Å². The Morgan fingerprint density at radius 3 is 2.40 bits per heavy atom. The Bertz CT molecular complexity index is 694. The van der Waals surface area contributed by atoms with Gasteiger partial charge in [0.15, 0.2) is 0 Å². The lowest BCUT2D eigenvalue weighted by molar-refractivity contribution is 0.0371. The molecule has 1 aliphatic heterocycles. The molecule has 0 amide bonds. The third-order valence-electron chi connectivity index (χ3n) is 4.69. The van der Waals surface area contributed by atoms with Gasteiger partial charge in [0.25, 0.3) is 5.56 Å². The normalized spacial score (nSPS) is 15.4. The van der Waals surface area contributed by atoms with Crippen LogP contribution < -0.4 is 5.56 Å². The van der Waals surface area contributed by atoms with Crippen molar-refractivity contribution in [1.82, 2.24) is 14.7 Å². The van der Waals surface area contributed by atoms with E-state index >= 15 is 0 Å². The summed E-state index contributed by atoms with van der Waals surface area (Å²) in [4.78, 5) is 15.0. The summed E-state index contributed by atoms with van der Waals surface area (Å²) in [5, 5.41) is 4.24. The molecule has 1 aromatic heterocycles. The highest BCUT2D eigenvalue weighted by molar-refractivity contribution is 5.61.